The van der Waals surface area contributed by atoms with Crippen molar-refractivity contribution in [2.24, 2.45) is 5.92 Å². The molecule has 3 nitrogen and oxygen atoms in total. The van der Waals surface area contributed by atoms with E-state index < -0.39 is 0 Å². The number of hydrogen-bond donors (Lipinski definition) is 0. The first kappa shape index (κ1) is 24.2. The molecule has 1 aliphatic carbocycles. The Kier molecular flexibility index (Phi) is 10.3. The molecule has 0 aromatic carbocycles. The minimum atomic E-state index is 0.320. The smallest absolute Gasteiger partial charge is 0.0579 e. The number of piperazine rings is 1. The second-order valence-corrected chi connectivity index (χ2v) is 10.4. The summed E-state index contributed by atoms with van der Waals surface area (Å²) < 4.78 is 6.23. The predicted molar refractivity (Wildman–Crippen MR) is 122 cm³/mol. The van der Waals surface area contributed by atoms with E-state index >= 15 is 0 Å². The fraction of sp³-hybridized carbons (Fsp3) is 1.00. The Hall–Kier alpha value is -0.120. The Balaban J connectivity index is 1.58. The zero-order valence-electron chi connectivity index (χ0n) is 20.0. The number of unbranched alkanes of at least 4 members (excludes halogenated alkanes) is 1. The maximum absolute atomic E-state index is 6.23. The van der Waals surface area contributed by atoms with Crippen LogP contribution in [0.25, 0.3) is 0 Å². The molecule has 0 aromatic heterocycles. The van der Waals surface area contributed by atoms with E-state index in [2.05, 4.69) is 51.3 Å². The molecule has 0 radical (unpaired) electrons. The van der Waals surface area contributed by atoms with E-state index in [4.69, 9.17) is 4.74 Å². The molecule has 0 aromatic rings. The van der Waals surface area contributed by atoms with Crippen LogP contribution in [0.1, 0.15) is 106 Å². The Labute approximate surface area is 176 Å². The van der Waals surface area contributed by atoms with Crippen molar-refractivity contribution in [3.05, 3.63) is 0 Å². The van der Waals surface area contributed by atoms with Gasteiger partial charge < -0.3 is 9.64 Å². The average Bonchev–Trinajstić information content (AvgIpc) is 2.65. The summed E-state index contributed by atoms with van der Waals surface area (Å²) in [6.45, 7) is 19.1. The van der Waals surface area contributed by atoms with Crippen molar-refractivity contribution in [1.29, 1.82) is 0 Å². The number of nitrogens with zero attached hydrogens (tertiary/aromatic N) is 2. The molecule has 3 heteroatoms. The fourth-order valence-electron chi connectivity index (χ4n) is 5.63. The molecule has 0 amide bonds. The Bertz CT molecular complexity index is 417. The summed E-state index contributed by atoms with van der Waals surface area (Å²) in [5.74, 6) is 0.958. The monoisotopic (exact) mass is 394 g/mol. The van der Waals surface area contributed by atoms with Gasteiger partial charge in [0.1, 0.15) is 0 Å². The highest BCUT2D eigenvalue weighted by Crippen LogP contribution is 2.31. The molecule has 2 aliphatic rings. The van der Waals surface area contributed by atoms with Gasteiger partial charge in [0.2, 0.25) is 0 Å². The first-order valence-electron chi connectivity index (χ1n) is 12.5. The lowest BCUT2D eigenvalue weighted by Crippen LogP contribution is -2.61. The zero-order chi connectivity index (χ0) is 20.6. The van der Waals surface area contributed by atoms with Crippen LogP contribution in [0.3, 0.4) is 0 Å². The molecular formula is C25H50N2O. The van der Waals surface area contributed by atoms with Crippen LogP contribution in [-0.2, 0) is 4.74 Å². The summed E-state index contributed by atoms with van der Waals surface area (Å²) in [6, 6.07) is 0.709. The molecule has 2 fully saturated rings. The summed E-state index contributed by atoms with van der Waals surface area (Å²) in [7, 11) is 0. The van der Waals surface area contributed by atoms with Gasteiger partial charge in [0, 0.05) is 31.2 Å². The highest BCUT2D eigenvalue weighted by Gasteiger charge is 2.35. The Morgan fingerprint density at radius 3 is 2.32 bits per heavy atom. The van der Waals surface area contributed by atoms with Crippen molar-refractivity contribution in [3.63, 3.8) is 0 Å². The highest BCUT2D eigenvalue weighted by molar-refractivity contribution is 4.92. The van der Waals surface area contributed by atoms with E-state index in [-0.39, 0.29) is 0 Å². The molecule has 2 rings (SSSR count). The van der Waals surface area contributed by atoms with Crippen LogP contribution in [0.4, 0.5) is 0 Å². The molecular weight excluding hydrogens is 344 g/mol. The van der Waals surface area contributed by atoms with Gasteiger partial charge in [-0.25, -0.2) is 0 Å². The highest BCUT2D eigenvalue weighted by atomic mass is 16.5. The van der Waals surface area contributed by atoms with E-state index in [9.17, 15) is 0 Å². The van der Waals surface area contributed by atoms with Crippen LogP contribution in [0.15, 0.2) is 0 Å². The van der Waals surface area contributed by atoms with Crippen LogP contribution >= 0.6 is 0 Å². The molecule has 2 atom stereocenters. The molecule has 2 unspecified atom stereocenters. The van der Waals surface area contributed by atoms with Crippen LogP contribution < -0.4 is 0 Å². The second kappa shape index (κ2) is 11.9. The quantitative estimate of drug-likeness (QED) is 0.393. The van der Waals surface area contributed by atoms with Crippen LogP contribution in [0.2, 0.25) is 0 Å². The van der Waals surface area contributed by atoms with E-state index in [1.165, 1.54) is 90.4 Å². The fourth-order valence-corrected chi connectivity index (χ4v) is 5.63. The molecule has 1 heterocycles. The van der Waals surface area contributed by atoms with Gasteiger partial charge in [-0.2, -0.15) is 0 Å². The first-order valence-corrected chi connectivity index (χ1v) is 12.5. The lowest BCUT2D eigenvalue weighted by Gasteiger charge is -2.50. The van der Waals surface area contributed by atoms with Gasteiger partial charge in [-0.15, -0.1) is 0 Å². The van der Waals surface area contributed by atoms with Gasteiger partial charge in [-0.05, 0) is 85.1 Å². The summed E-state index contributed by atoms with van der Waals surface area (Å²) in [5, 5.41) is 0. The van der Waals surface area contributed by atoms with Gasteiger partial charge in [0.15, 0.2) is 0 Å². The molecule has 0 spiro atoms. The maximum Gasteiger partial charge on any atom is 0.0579 e. The Morgan fingerprint density at radius 2 is 1.71 bits per heavy atom. The maximum atomic E-state index is 6.23. The molecule has 1 aliphatic heterocycles. The van der Waals surface area contributed by atoms with Crippen molar-refractivity contribution >= 4 is 0 Å². The molecule has 0 N–H and O–H groups in total. The molecule has 1 saturated heterocycles. The SMILES string of the molecule is CCCC(C)O[C@H]1CC[C@H](CCCCN2CCN(C(C)CC)C(C)(C)C2)CC1. The lowest BCUT2D eigenvalue weighted by molar-refractivity contribution is -0.0322. The normalized spacial score (nSPS) is 28.9. The van der Waals surface area contributed by atoms with E-state index in [1.54, 1.807) is 0 Å². The van der Waals surface area contributed by atoms with Crippen LogP contribution in [0.5, 0.6) is 0 Å². The third-order valence-electron chi connectivity index (χ3n) is 7.42. The van der Waals surface area contributed by atoms with Crippen molar-refractivity contribution in [3.8, 4) is 0 Å². The van der Waals surface area contributed by atoms with Crippen molar-refractivity contribution in [2.45, 2.75) is 130 Å². The second-order valence-electron chi connectivity index (χ2n) is 10.4. The summed E-state index contributed by atoms with van der Waals surface area (Å²) in [5.41, 5.74) is 0.320. The number of rotatable bonds is 11. The third kappa shape index (κ3) is 7.61. The third-order valence-corrected chi connectivity index (χ3v) is 7.42. The van der Waals surface area contributed by atoms with Crippen molar-refractivity contribution in [1.82, 2.24) is 9.80 Å². The lowest BCUT2D eigenvalue weighted by atomic mass is 9.84. The van der Waals surface area contributed by atoms with Crippen molar-refractivity contribution < 1.29 is 4.74 Å². The van der Waals surface area contributed by atoms with Gasteiger partial charge in [0.05, 0.1) is 12.2 Å². The largest absolute Gasteiger partial charge is 0.375 e. The van der Waals surface area contributed by atoms with E-state index in [0.29, 0.717) is 23.8 Å². The molecule has 0 bridgehead atoms. The van der Waals surface area contributed by atoms with Gasteiger partial charge in [-0.1, -0.05) is 33.1 Å². The standard InChI is InChI=1S/C25H50N2O/c1-7-11-22(4)28-24-15-13-23(14-16-24)12-9-10-17-26-18-19-27(21(3)8-2)25(5,6)20-26/h21-24H,7-20H2,1-6H3/t21?,22?,23-,24-. The Morgan fingerprint density at radius 1 is 1.00 bits per heavy atom. The topological polar surface area (TPSA) is 15.7 Å². The summed E-state index contributed by atoms with van der Waals surface area (Å²) in [6.07, 6.45) is 14.3. The minimum absolute atomic E-state index is 0.320. The van der Waals surface area contributed by atoms with Gasteiger partial charge in [0.25, 0.3) is 0 Å². The van der Waals surface area contributed by atoms with Crippen LogP contribution in [-0.4, -0.2) is 59.8 Å². The van der Waals surface area contributed by atoms with Crippen LogP contribution in [0, 0.1) is 5.92 Å². The van der Waals surface area contributed by atoms with Gasteiger partial charge in [-0.3, -0.25) is 4.90 Å². The number of ether oxygens (including phenoxy) is 1. The van der Waals surface area contributed by atoms with Crippen molar-refractivity contribution in [2.75, 3.05) is 26.2 Å². The zero-order valence-corrected chi connectivity index (χ0v) is 20.0. The first-order chi connectivity index (χ1) is 13.4. The number of hydrogen-bond acceptors (Lipinski definition) is 3. The summed E-state index contributed by atoms with van der Waals surface area (Å²) in [4.78, 5) is 5.45. The van der Waals surface area contributed by atoms with Gasteiger partial charge >= 0.3 is 0 Å². The average molecular weight is 395 g/mol. The minimum Gasteiger partial charge on any atom is -0.375 e. The molecule has 166 valence electrons. The predicted octanol–water partition coefficient (Wildman–Crippen LogP) is 6.12. The molecule has 1 saturated carbocycles. The summed E-state index contributed by atoms with van der Waals surface area (Å²) >= 11 is 0. The van der Waals surface area contributed by atoms with E-state index in [1.807, 2.05) is 0 Å². The van der Waals surface area contributed by atoms with E-state index in [0.717, 1.165) is 5.92 Å². The molecule has 28 heavy (non-hydrogen) atoms.